The predicted molar refractivity (Wildman–Crippen MR) is 115 cm³/mol. The van der Waals surface area contributed by atoms with Crippen molar-refractivity contribution < 1.29 is 19.4 Å². The first-order valence-electron chi connectivity index (χ1n) is 10.5. The second-order valence-corrected chi connectivity index (χ2v) is 7.78. The Bertz CT molecular complexity index is 759. The highest BCUT2D eigenvalue weighted by molar-refractivity contribution is 5.92. The number of ether oxygens (including phenoxy) is 1. The number of carbonyl (C=O) groups is 2. The minimum Gasteiger partial charge on any atom is -0.507 e. The van der Waals surface area contributed by atoms with Crippen molar-refractivity contribution in [3.63, 3.8) is 0 Å². The van der Waals surface area contributed by atoms with E-state index in [-0.39, 0.29) is 17.4 Å². The highest BCUT2D eigenvalue weighted by atomic mass is 16.5. The SMILES string of the molecule is CC(C)c1ccc(CCC=O)cc1.O=C(OC1CCCCC1)c1ccccc1O. The third-order valence-electron chi connectivity index (χ3n) is 5.15. The second kappa shape index (κ2) is 12.1. The van der Waals surface area contributed by atoms with Gasteiger partial charge in [0.1, 0.15) is 23.7 Å². The molecule has 0 aliphatic heterocycles. The lowest BCUT2D eigenvalue weighted by Crippen LogP contribution is -2.20. The Kier molecular flexibility index (Phi) is 9.42. The molecule has 0 unspecified atom stereocenters. The van der Waals surface area contributed by atoms with Crippen LogP contribution in [0.5, 0.6) is 5.75 Å². The van der Waals surface area contributed by atoms with Gasteiger partial charge in [-0.25, -0.2) is 4.79 Å². The zero-order valence-electron chi connectivity index (χ0n) is 17.5. The van der Waals surface area contributed by atoms with Gasteiger partial charge in [-0.05, 0) is 61.3 Å². The Morgan fingerprint density at radius 2 is 1.72 bits per heavy atom. The Balaban J connectivity index is 0.000000212. The van der Waals surface area contributed by atoms with Gasteiger partial charge in [0.05, 0.1) is 0 Å². The number of esters is 1. The lowest BCUT2D eigenvalue weighted by Gasteiger charge is -2.21. The molecule has 0 amide bonds. The van der Waals surface area contributed by atoms with Crippen LogP contribution in [0.15, 0.2) is 48.5 Å². The van der Waals surface area contributed by atoms with E-state index in [0.717, 1.165) is 38.4 Å². The molecule has 2 aromatic carbocycles. The maximum absolute atomic E-state index is 11.8. The third-order valence-corrected chi connectivity index (χ3v) is 5.15. The molecular weight excluding hydrogens is 364 g/mol. The summed E-state index contributed by atoms with van der Waals surface area (Å²) in [6.07, 6.45) is 7.85. The van der Waals surface area contributed by atoms with Gasteiger partial charge in [0, 0.05) is 6.42 Å². The summed E-state index contributed by atoms with van der Waals surface area (Å²) >= 11 is 0. The standard InChI is InChI=1S/C13H16O3.C12H16O/c14-12-9-5-4-8-11(12)13(15)16-10-6-2-1-3-7-10;1-10(2)12-7-5-11(6-8-12)4-3-9-13/h4-5,8-10,14H,1-3,6-7H2;5-10H,3-4H2,1-2H3. The van der Waals surface area contributed by atoms with Gasteiger partial charge in [0.15, 0.2) is 0 Å². The lowest BCUT2D eigenvalue weighted by molar-refractivity contribution is -0.107. The van der Waals surface area contributed by atoms with Crippen molar-refractivity contribution >= 4 is 12.3 Å². The van der Waals surface area contributed by atoms with Crippen LogP contribution < -0.4 is 0 Å². The zero-order chi connectivity index (χ0) is 21.1. The van der Waals surface area contributed by atoms with Crippen LogP contribution in [0.25, 0.3) is 0 Å². The van der Waals surface area contributed by atoms with Gasteiger partial charge in [-0.2, -0.15) is 0 Å². The first-order chi connectivity index (χ1) is 14.0. The fourth-order valence-corrected chi connectivity index (χ4v) is 3.34. The summed E-state index contributed by atoms with van der Waals surface area (Å²) in [5, 5.41) is 9.51. The summed E-state index contributed by atoms with van der Waals surface area (Å²) in [7, 11) is 0. The number of para-hydroxylation sites is 1. The van der Waals surface area contributed by atoms with Crippen LogP contribution in [0.2, 0.25) is 0 Å². The van der Waals surface area contributed by atoms with Crippen LogP contribution in [0, 0.1) is 0 Å². The molecule has 1 N–H and O–H groups in total. The molecule has 1 aliphatic carbocycles. The molecular formula is C25H32O4. The van der Waals surface area contributed by atoms with Gasteiger partial charge in [0.25, 0.3) is 0 Å². The molecule has 0 heterocycles. The van der Waals surface area contributed by atoms with Gasteiger partial charge >= 0.3 is 5.97 Å². The summed E-state index contributed by atoms with van der Waals surface area (Å²) in [6, 6.07) is 15.0. The second-order valence-electron chi connectivity index (χ2n) is 7.78. The van der Waals surface area contributed by atoms with E-state index in [1.807, 2.05) is 0 Å². The smallest absolute Gasteiger partial charge is 0.342 e. The molecule has 156 valence electrons. The molecule has 29 heavy (non-hydrogen) atoms. The van der Waals surface area contributed by atoms with E-state index in [1.165, 1.54) is 23.6 Å². The number of aromatic hydroxyl groups is 1. The van der Waals surface area contributed by atoms with Crippen molar-refractivity contribution in [2.24, 2.45) is 0 Å². The van der Waals surface area contributed by atoms with Crippen molar-refractivity contribution in [1.29, 1.82) is 0 Å². The van der Waals surface area contributed by atoms with Crippen molar-refractivity contribution in [2.45, 2.75) is 70.8 Å². The van der Waals surface area contributed by atoms with E-state index in [9.17, 15) is 14.7 Å². The lowest BCUT2D eigenvalue weighted by atomic mass is 9.98. The molecule has 0 bridgehead atoms. The molecule has 0 spiro atoms. The first kappa shape index (κ1) is 22.7. The van der Waals surface area contributed by atoms with Gasteiger partial charge in [0.2, 0.25) is 0 Å². The van der Waals surface area contributed by atoms with E-state index in [0.29, 0.717) is 12.3 Å². The minimum absolute atomic E-state index is 0.0108. The highest BCUT2D eigenvalue weighted by Gasteiger charge is 2.20. The molecule has 2 aromatic rings. The minimum atomic E-state index is -0.412. The Morgan fingerprint density at radius 3 is 2.31 bits per heavy atom. The van der Waals surface area contributed by atoms with Crippen molar-refractivity contribution in [3.8, 4) is 5.75 Å². The predicted octanol–water partition coefficient (Wildman–Crippen LogP) is 5.82. The van der Waals surface area contributed by atoms with E-state index in [1.54, 1.807) is 18.2 Å². The van der Waals surface area contributed by atoms with Crippen molar-refractivity contribution in [1.82, 2.24) is 0 Å². The van der Waals surface area contributed by atoms with Crippen molar-refractivity contribution in [3.05, 3.63) is 65.2 Å². The number of phenolic OH excluding ortho intramolecular Hbond substituents is 1. The highest BCUT2D eigenvalue weighted by Crippen LogP contribution is 2.23. The van der Waals surface area contributed by atoms with Crippen LogP contribution in [-0.4, -0.2) is 23.5 Å². The van der Waals surface area contributed by atoms with E-state index < -0.39 is 5.97 Å². The number of hydrogen-bond donors (Lipinski definition) is 1. The van der Waals surface area contributed by atoms with Crippen LogP contribution >= 0.6 is 0 Å². The van der Waals surface area contributed by atoms with Gasteiger partial charge < -0.3 is 14.6 Å². The van der Waals surface area contributed by atoms with E-state index >= 15 is 0 Å². The number of phenols is 1. The van der Waals surface area contributed by atoms with Gasteiger partial charge in [-0.1, -0.05) is 56.7 Å². The Labute approximate surface area is 173 Å². The molecule has 1 fully saturated rings. The fraction of sp³-hybridized carbons (Fsp3) is 0.440. The molecule has 1 aliphatic rings. The number of benzene rings is 2. The molecule has 0 aromatic heterocycles. The number of aldehydes is 1. The summed E-state index contributed by atoms with van der Waals surface area (Å²) in [6.45, 7) is 4.36. The first-order valence-corrected chi connectivity index (χ1v) is 10.5. The normalized spacial score (nSPS) is 14.0. The van der Waals surface area contributed by atoms with Crippen LogP contribution in [-0.2, 0) is 16.0 Å². The maximum Gasteiger partial charge on any atom is 0.342 e. The van der Waals surface area contributed by atoms with E-state index in [4.69, 9.17) is 4.74 Å². The van der Waals surface area contributed by atoms with Crippen LogP contribution in [0.4, 0.5) is 0 Å². The summed E-state index contributed by atoms with van der Waals surface area (Å²) in [5.74, 6) is 0.161. The molecule has 3 rings (SSSR count). The van der Waals surface area contributed by atoms with Gasteiger partial charge in [-0.3, -0.25) is 0 Å². The Morgan fingerprint density at radius 1 is 1.07 bits per heavy atom. The molecule has 4 heteroatoms. The summed E-state index contributed by atoms with van der Waals surface area (Å²) in [5.41, 5.74) is 2.86. The number of carbonyl (C=O) groups excluding carboxylic acids is 2. The summed E-state index contributed by atoms with van der Waals surface area (Å²) in [4.78, 5) is 21.9. The maximum atomic E-state index is 11.8. The van der Waals surface area contributed by atoms with E-state index in [2.05, 4.69) is 38.1 Å². The molecule has 0 atom stereocenters. The van der Waals surface area contributed by atoms with Gasteiger partial charge in [-0.15, -0.1) is 0 Å². The topological polar surface area (TPSA) is 63.6 Å². The zero-order valence-corrected chi connectivity index (χ0v) is 17.5. The molecule has 4 nitrogen and oxygen atoms in total. The quantitative estimate of drug-likeness (QED) is 0.493. The monoisotopic (exact) mass is 396 g/mol. The molecule has 0 saturated heterocycles. The average Bonchev–Trinajstić information content (AvgIpc) is 2.74. The number of aryl methyl sites for hydroxylation is 1. The Hall–Kier alpha value is -2.62. The number of rotatable bonds is 6. The average molecular weight is 397 g/mol. The largest absolute Gasteiger partial charge is 0.507 e. The molecule has 1 saturated carbocycles. The third kappa shape index (κ3) is 7.72. The fourth-order valence-electron chi connectivity index (χ4n) is 3.34. The van der Waals surface area contributed by atoms with Crippen LogP contribution in [0.1, 0.15) is 79.8 Å². The summed E-state index contributed by atoms with van der Waals surface area (Å²) < 4.78 is 5.36. The molecule has 0 radical (unpaired) electrons. The van der Waals surface area contributed by atoms with Crippen LogP contribution in [0.3, 0.4) is 0 Å². The van der Waals surface area contributed by atoms with Crippen molar-refractivity contribution in [2.75, 3.05) is 0 Å². The number of hydrogen-bond acceptors (Lipinski definition) is 4.